The largest absolute Gasteiger partial charge is 1.00 e. The van der Waals surface area contributed by atoms with Crippen molar-refractivity contribution in [3.8, 4) is 0 Å². The Morgan fingerprint density at radius 3 is 1.23 bits per heavy atom. The summed E-state index contributed by atoms with van der Waals surface area (Å²) in [4.78, 5) is 0. The maximum Gasteiger partial charge on any atom is 1.00 e. The Hall–Kier alpha value is 1.03. The van der Waals surface area contributed by atoms with Gasteiger partial charge in [0.1, 0.15) is 0 Å². The average Bonchev–Trinajstić information content (AvgIpc) is 1.88. The third kappa shape index (κ3) is 9.33. The van der Waals surface area contributed by atoms with Crippen molar-refractivity contribution in [3.63, 3.8) is 0 Å². The molecule has 0 fully saturated rings. The summed E-state index contributed by atoms with van der Waals surface area (Å²) in [5.41, 5.74) is 0. The average molecular weight is 220 g/mol. The second-order valence-corrected chi connectivity index (χ2v) is 4.75. The van der Waals surface area contributed by atoms with E-state index in [9.17, 15) is 0 Å². The molecule has 0 bridgehead atoms. The Balaban J connectivity index is -0.000000500. The maximum atomic E-state index is 5.40. The Bertz CT molecular complexity index is 90.7. The van der Waals surface area contributed by atoms with Gasteiger partial charge in [0, 0.05) is 26.4 Å². The predicted molar refractivity (Wildman–Crippen MR) is 46.5 cm³/mol. The molecule has 0 unspecified atom stereocenters. The van der Waals surface area contributed by atoms with Crippen LogP contribution in [0, 0.1) is 0 Å². The molecule has 0 rings (SSSR count). The van der Waals surface area contributed by atoms with E-state index in [2.05, 4.69) is 0 Å². The second-order valence-electron chi connectivity index (χ2n) is 2.16. The minimum absolute atomic E-state index is 0. The van der Waals surface area contributed by atoms with Crippen LogP contribution in [0.5, 0.6) is 0 Å². The van der Waals surface area contributed by atoms with Crippen LogP contribution in [0.25, 0.3) is 0 Å². The van der Waals surface area contributed by atoms with Crippen molar-refractivity contribution < 1.29 is 47.5 Å². The first kappa shape index (κ1) is 19.6. The normalized spacial score (nSPS) is 10.2. The van der Waals surface area contributed by atoms with Crippen LogP contribution in [0.2, 0.25) is 6.55 Å². The molecule has 0 saturated carbocycles. The summed E-state index contributed by atoms with van der Waals surface area (Å²) in [5.74, 6) is 0. The van der Waals surface area contributed by atoms with Gasteiger partial charge in [0.25, 0.3) is 0 Å². The third-order valence-electron chi connectivity index (χ3n) is 1.22. The summed E-state index contributed by atoms with van der Waals surface area (Å²) < 4.78 is 16.2. The van der Waals surface area contributed by atoms with E-state index >= 15 is 0 Å². The molecule has 0 N–H and O–H groups in total. The third-order valence-corrected chi connectivity index (χ3v) is 3.66. The van der Waals surface area contributed by atoms with Gasteiger partial charge in [-0.15, -0.1) is 0 Å². The van der Waals surface area contributed by atoms with Crippen LogP contribution in [0.1, 0.15) is 20.8 Å². The zero-order valence-electron chi connectivity index (χ0n) is 9.22. The number of hydrogen-bond acceptors (Lipinski definition) is 3. The van der Waals surface area contributed by atoms with E-state index in [1.54, 1.807) is 0 Å². The van der Waals surface area contributed by atoms with Gasteiger partial charge in [0.2, 0.25) is 0 Å². The monoisotopic (exact) mass is 220 g/mol. The van der Waals surface area contributed by atoms with Gasteiger partial charge >= 0.3 is 38.4 Å². The van der Waals surface area contributed by atoms with Gasteiger partial charge in [-0.25, -0.2) is 0 Å². The Labute approximate surface area is 103 Å². The summed E-state index contributed by atoms with van der Waals surface area (Å²) in [6.07, 6.45) is 0. The van der Waals surface area contributed by atoms with Crippen molar-refractivity contribution >= 4 is 8.80 Å². The van der Waals surface area contributed by atoms with Gasteiger partial charge in [-0.3, -0.25) is 0 Å². The zero-order chi connectivity index (χ0) is 8.74. The minimum atomic E-state index is -2.25. The molecule has 0 atom stereocenters. The van der Waals surface area contributed by atoms with Crippen molar-refractivity contribution in [2.75, 3.05) is 19.8 Å². The van der Waals surface area contributed by atoms with Gasteiger partial charge < -0.3 is 18.0 Å². The molecule has 0 aliphatic heterocycles. The number of hydrogen-bond donors (Lipinski definition) is 0. The Morgan fingerprint density at radius 1 is 0.846 bits per heavy atom. The SMILES string of the molecule is CCO[Si](C)(OCC)OCC.[F-].[Na+]. The minimum Gasteiger partial charge on any atom is -1.00 e. The molecule has 6 heteroatoms. The van der Waals surface area contributed by atoms with Gasteiger partial charge in [0.05, 0.1) is 0 Å². The van der Waals surface area contributed by atoms with Gasteiger partial charge in [0.15, 0.2) is 0 Å². The van der Waals surface area contributed by atoms with Crippen LogP contribution in [-0.4, -0.2) is 28.6 Å². The summed E-state index contributed by atoms with van der Waals surface area (Å²) >= 11 is 0. The predicted octanol–water partition coefficient (Wildman–Crippen LogP) is -4.33. The molecular weight excluding hydrogens is 202 g/mol. The van der Waals surface area contributed by atoms with E-state index in [0.717, 1.165) is 0 Å². The summed E-state index contributed by atoms with van der Waals surface area (Å²) in [7, 11) is -2.25. The molecule has 0 aromatic heterocycles. The van der Waals surface area contributed by atoms with Crippen LogP contribution in [0.3, 0.4) is 0 Å². The standard InChI is InChI=1S/C7H18O3Si.FH.Na/c1-5-8-11(4,9-6-2)10-7-3;;/h5-7H2,1-4H3;1H;/q;;+1/p-1. The molecule has 0 radical (unpaired) electrons. The van der Waals surface area contributed by atoms with Gasteiger partial charge in [-0.1, -0.05) is 0 Å². The van der Waals surface area contributed by atoms with Crippen LogP contribution in [-0.2, 0) is 13.3 Å². The smallest absolute Gasteiger partial charge is 1.00 e. The van der Waals surface area contributed by atoms with E-state index in [1.165, 1.54) is 0 Å². The van der Waals surface area contributed by atoms with Crippen molar-refractivity contribution in [1.82, 2.24) is 0 Å². The fourth-order valence-corrected chi connectivity index (χ4v) is 2.73. The van der Waals surface area contributed by atoms with Crippen molar-refractivity contribution in [2.45, 2.75) is 27.3 Å². The van der Waals surface area contributed by atoms with Crippen LogP contribution < -0.4 is 34.3 Å². The molecule has 3 nitrogen and oxygen atoms in total. The van der Waals surface area contributed by atoms with Crippen molar-refractivity contribution in [3.05, 3.63) is 0 Å². The molecule has 0 amide bonds. The first-order chi connectivity index (χ1) is 5.18. The maximum absolute atomic E-state index is 5.40. The van der Waals surface area contributed by atoms with E-state index in [4.69, 9.17) is 13.3 Å². The molecule has 0 saturated heterocycles. The number of halogens is 1. The first-order valence-corrected chi connectivity index (χ1v) is 6.32. The topological polar surface area (TPSA) is 27.7 Å². The van der Waals surface area contributed by atoms with E-state index in [1.807, 2.05) is 27.3 Å². The van der Waals surface area contributed by atoms with E-state index < -0.39 is 8.80 Å². The summed E-state index contributed by atoms with van der Waals surface area (Å²) in [6.45, 7) is 9.73. The number of rotatable bonds is 6. The van der Waals surface area contributed by atoms with E-state index in [-0.39, 0.29) is 34.3 Å². The van der Waals surface area contributed by atoms with Crippen LogP contribution in [0.15, 0.2) is 0 Å². The Kier molecular flexibility index (Phi) is 16.7. The quantitative estimate of drug-likeness (QED) is 0.424. The van der Waals surface area contributed by atoms with Crippen molar-refractivity contribution in [2.24, 2.45) is 0 Å². The molecule has 0 heterocycles. The van der Waals surface area contributed by atoms with Crippen LogP contribution in [0.4, 0.5) is 0 Å². The summed E-state index contributed by atoms with van der Waals surface area (Å²) in [6, 6.07) is 0. The fourth-order valence-electron chi connectivity index (χ4n) is 0.912. The zero-order valence-corrected chi connectivity index (χ0v) is 12.2. The molecule has 0 aromatic rings. The van der Waals surface area contributed by atoms with Gasteiger partial charge in [-0.2, -0.15) is 0 Å². The van der Waals surface area contributed by atoms with E-state index in [0.29, 0.717) is 19.8 Å². The Morgan fingerprint density at radius 2 is 1.08 bits per heavy atom. The first-order valence-electron chi connectivity index (χ1n) is 4.10. The van der Waals surface area contributed by atoms with Crippen LogP contribution >= 0.6 is 0 Å². The molecular formula is C7H18FNaO3Si. The molecule has 0 aromatic carbocycles. The van der Waals surface area contributed by atoms with Gasteiger partial charge in [-0.05, 0) is 20.8 Å². The molecule has 0 spiro atoms. The fraction of sp³-hybridized carbons (Fsp3) is 1.00. The molecule has 13 heavy (non-hydrogen) atoms. The molecule has 0 aliphatic rings. The van der Waals surface area contributed by atoms with Crippen molar-refractivity contribution in [1.29, 1.82) is 0 Å². The second kappa shape index (κ2) is 11.1. The summed E-state index contributed by atoms with van der Waals surface area (Å²) in [5, 5.41) is 0. The molecule has 76 valence electrons. The molecule has 0 aliphatic carbocycles.